The Morgan fingerprint density at radius 2 is 2.07 bits per heavy atom. The van der Waals surface area contributed by atoms with Gasteiger partial charge in [0, 0.05) is 36.0 Å². The van der Waals surface area contributed by atoms with Crippen LogP contribution in [0.3, 0.4) is 0 Å². The first kappa shape index (κ1) is 19.0. The van der Waals surface area contributed by atoms with Gasteiger partial charge >= 0.3 is 0 Å². The number of rotatable bonds is 6. The minimum atomic E-state index is -0.298. The highest BCUT2D eigenvalue weighted by Gasteiger charge is 2.25. The molecule has 2 aliphatic heterocycles. The smallest absolute Gasteiger partial charge is 0.228 e. The molecule has 27 heavy (non-hydrogen) atoms. The molecule has 0 bridgehead atoms. The Labute approximate surface area is 167 Å². The van der Waals surface area contributed by atoms with Crippen molar-refractivity contribution >= 4 is 29.3 Å². The topological polar surface area (TPSA) is 52.4 Å². The van der Waals surface area contributed by atoms with Crippen molar-refractivity contribution in [1.29, 1.82) is 0 Å². The van der Waals surface area contributed by atoms with Crippen molar-refractivity contribution in [3.8, 4) is 0 Å². The average Bonchev–Trinajstić information content (AvgIpc) is 3.33. The van der Waals surface area contributed by atoms with E-state index in [1.54, 1.807) is 12.1 Å². The molecule has 0 spiro atoms. The predicted octanol–water partition coefficient (Wildman–Crippen LogP) is 3.38. The lowest BCUT2D eigenvalue weighted by atomic mass is 10.2. The predicted molar refractivity (Wildman–Crippen MR) is 103 cm³/mol. The van der Waals surface area contributed by atoms with Gasteiger partial charge in [0.15, 0.2) is 5.16 Å². The number of thioether (sulfide) groups is 1. The van der Waals surface area contributed by atoms with E-state index in [2.05, 4.69) is 19.7 Å². The second kappa shape index (κ2) is 8.77. The standard InChI is InChI=1S/C18H22ClFN4O2S/c19-15-4-1-5-16(20)14(15)12-27-18-22-21-17(23-6-9-25-10-7-23)24(18)11-13-3-2-8-26-13/h1,4-5,13H,2-3,6-12H2/t13-/m0/s1. The van der Waals surface area contributed by atoms with Crippen molar-refractivity contribution in [2.24, 2.45) is 0 Å². The SMILES string of the molecule is Fc1cccc(Cl)c1CSc1nnc(N2CCOCC2)n1C[C@@H]1CCCO1. The molecular formula is C18H22ClFN4O2S. The molecule has 9 heteroatoms. The maximum Gasteiger partial charge on any atom is 0.228 e. The fourth-order valence-corrected chi connectivity index (χ4v) is 4.63. The van der Waals surface area contributed by atoms with Crippen molar-refractivity contribution in [3.05, 3.63) is 34.6 Å². The van der Waals surface area contributed by atoms with Crippen molar-refractivity contribution in [3.63, 3.8) is 0 Å². The van der Waals surface area contributed by atoms with E-state index >= 15 is 0 Å². The first-order chi connectivity index (χ1) is 13.2. The fourth-order valence-electron chi connectivity index (χ4n) is 3.34. The van der Waals surface area contributed by atoms with Gasteiger partial charge in [0.25, 0.3) is 0 Å². The third kappa shape index (κ3) is 4.39. The van der Waals surface area contributed by atoms with Crippen LogP contribution in [0.25, 0.3) is 0 Å². The number of ether oxygens (including phenoxy) is 2. The second-order valence-electron chi connectivity index (χ2n) is 6.62. The van der Waals surface area contributed by atoms with E-state index in [9.17, 15) is 4.39 Å². The van der Waals surface area contributed by atoms with Crippen LogP contribution in [0.4, 0.5) is 10.3 Å². The van der Waals surface area contributed by atoms with Crippen molar-refractivity contribution in [2.45, 2.75) is 36.4 Å². The molecule has 0 aliphatic carbocycles. The Balaban J connectivity index is 1.56. The molecule has 0 unspecified atom stereocenters. The number of anilines is 1. The summed E-state index contributed by atoms with van der Waals surface area (Å²) in [4.78, 5) is 2.19. The molecule has 0 saturated carbocycles. The first-order valence-electron chi connectivity index (χ1n) is 9.15. The Hall–Kier alpha value is -1.35. The van der Waals surface area contributed by atoms with Crippen LogP contribution in [0.1, 0.15) is 18.4 Å². The zero-order valence-electron chi connectivity index (χ0n) is 14.9. The fraction of sp³-hybridized carbons (Fsp3) is 0.556. The minimum absolute atomic E-state index is 0.164. The van der Waals surface area contributed by atoms with E-state index in [-0.39, 0.29) is 11.9 Å². The highest BCUT2D eigenvalue weighted by molar-refractivity contribution is 7.98. The number of aromatic nitrogens is 3. The summed E-state index contributed by atoms with van der Waals surface area (Å²) in [6.07, 6.45) is 2.27. The molecule has 2 fully saturated rings. The number of nitrogens with zero attached hydrogens (tertiary/aromatic N) is 4. The zero-order valence-corrected chi connectivity index (χ0v) is 16.5. The third-order valence-corrected chi connectivity index (χ3v) is 6.16. The maximum absolute atomic E-state index is 14.1. The van der Waals surface area contributed by atoms with Crippen LogP contribution in [-0.2, 0) is 21.8 Å². The molecule has 3 heterocycles. The van der Waals surface area contributed by atoms with Gasteiger partial charge in [-0.25, -0.2) is 4.39 Å². The number of benzene rings is 1. The van der Waals surface area contributed by atoms with Gasteiger partial charge in [-0.3, -0.25) is 4.57 Å². The van der Waals surface area contributed by atoms with Crippen LogP contribution in [0.2, 0.25) is 5.02 Å². The highest BCUT2D eigenvalue weighted by Crippen LogP contribution is 2.30. The van der Waals surface area contributed by atoms with E-state index < -0.39 is 0 Å². The molecule has 4 rings (SSSR count). The molecule has 1 aromatic carbocycles. The Kier molecular flexibility index (Phi) is 6.17. The summed E-state index contributed by atoms with van der Waals surface area (Å²) in [5, 5.41) is 9.99. The van der Waals surface area contributed by atoms with E-state index in [1.165, 1.54) is 17.8 Å². The van der Waals surface area contributed by atoms with Crippen LogP contribution in [0.5, 0.6) is 0 Å². The molecule has 0 N–H and O–H groups in total. The number of hydrogen-bond donors (Lipinski definition) is 0. The van der Waals surface area contributed by atoms with Gasteiger partial charge in [-0.2, -0.15) is 0 Å². The van der Waals surface area contributed by atoms with Crippen LogP contribution in [0, 0.1) is 5.82 Å². The Morgan fingerprint density at radius 3 is 2.81 bits per heavy atom. The summed E-state index contributed by atoms with van der Waals surface area (Å²) in [6.45, 7) is 4.43. The van der Waals surface area contributed by atoms with Crippen LogP contribution in [0.15, 0.2) is 23.4 Å². The zero-order chi connectivity index (χ0) is 18.6. The lowest BCUT2D eigenvalue weighted by Gasteiger charge is -2.28. The molecule has 1 aromatic heterocycles. The number of morpholine rings is 1. The monoisotopic (exact) mass is 412 g/mol. The molecule has 1 atom stereocenters. The molecule has 0 amide bonds. The quantitative estimate of drug-likeness (QED) is 0.678. The maximum atomic E-state index is 14.1. The van der Waals surface area contributed by atoms with Gasteiger partial charge in [0.1, 0.15) is 5.82 Å². The summed E-state index contributed by atoms with van der Waals surface area (Å²) in [5.41, 5.74) is 0.490. The van der Waals surface area contributed by atoms with E-state index in [0.29, 0.717) is 36.1 Å². The molecule has 0 radical (unpaired) electrons. The number of halogens is 2. The molecule has 6 nitrogen and oxygen atoms in total. The lowest BCUT2D eigenvalue weighted by molar-refractivity contribution is 0.0942. The van der Waals surface area contributed by atoms with E-state index in [4.69, 9.17) is 21.1 Å². The second-order valence-corrected chi connectivity index (χ2v) is 7.97. The summed E-state index contributed by atoms with van der Waals surface area (Å²) < 4.78 is 27.5. The van der Waals surface area contributed by atoms with Crippen molar-refractivity contribution in [1.82, 2.24) is 14.8 Å². The van der Waals surface area contributed by atoms with E-state index in [0.717, 1.165) is 43.6 Å². The lowest BCUT2D eigenvalue weighted by Crippen LogP contribution is -2.38. The van der Waals surface area contributed by atoms with Crippen LogP contribution >= 0.6 is 23.4 Å². The normalized spacial score (nSPS) is 20.4. The highest BCUT2D eigenvalue weighted by atomic mass is 35.5. The molecule has 146 valence electrons. The van der Waals surface area contributed by atoms with Gasteiger partial charge < -0.3 is 14.4 Å². The average molecular weight is 413 g/mol. The molecule has 2 aromatic rings. The summed E-state index contributed by atoms with van der Waals surface area (Å²) in [5.74, 6) is 0.933. The van der Waals surface area contributed by atoms with E-state index in [1.807, 2.05) is 0 Å². The van der Waals surface area contributed by atoms with Gasteiger partial charge in [0.2, 0.25) is 5.95 Å². The molecule has 2 aliphatic rings. The Bertz CT molecular complexity index is 758. The summed E-state index contributed by atoms with van der Waals surface area (Å²) in [7, 11) is 0. The van der Waals surface area contributed by atoms with Gasteiger partial charge in [0.05, 0.1) is 25.9 Å². The third-order valence-electron chi connectivity index (χ3n) is 4.81. The van der Waals surface area contributed by atoms with Gasteiger partial charge in [-0.05, 0) is 25.0 Å². The Morgan fingerprint density at radius 1 is 1.22 bits per heavy atom. The van der Waals surface area contributed by atoms with Crippen LogP contribution < -0.4 is 4.90 Å². The first-order valence-corrected chi connectivity index (χ1v) is 10.5. The largest absolute Gasteiger partial charge is 0.378 e. The molecule has 2 saturated heterocycles. The molecular weight excluding hydrogens is 391 g/mol. The summed E-state index contributed by atoms with van der Waals surface area (Å²) in [6, 6.07) is 4.75. The van der Waals surface area contributed by atoms with Crippen molar-refractivity contribution in [2.75, 3.05) is 37.8 Å². The number of hydrogen-bond acceptors (Lipinski definition) is 6. The minimum Gasteiger partial charge on any atom is -0.378 e. The van der Waals surface area contributed by atoms with Crippen molar-refractivity contribution < 1.29 is 13.9 Å². The van der Waals surface area contributed by atoms with Gasteiger partial charge in [-0.1, -0.05) is 29.4 Å². The van der Waals surface area contributed by atoms with Crippen LogP contribution in [-0.4, -0.2) is 53.8 Å². The van der Waals surface area contributed by atoms with Gasteiger partial charge in [-0.15, -0.1) is 10.2 Å². The summed E-state index contributed by atoms with van der Waals surface area (Å²) >= 11 is 7.61.